The van der Waals surface area contributed by atoms with Crippen molar-refractivity contribution in [2.75, 3.05) is 16.8 Å². The van der Waals surface area contributed by atoms with Gasteiger partial charge in [0, 0.05) is 24.2 Å². The van der Waals surface area contributed by atoms with Crippen LogP contribution in [0.2, 0.25) is 0 Å². The molecule has 0 bridgehead atoms. The zero-order valence-electron chi connectivity index (χ0n) is 14.9. The Morgan fingerprint density at radius 2 is 1.86 bits per heavy atom. The van der Waals surface area contributed by atoms with E-state index in [1.54, 1.807) is 12.1 Å². The maximum Gasteiger partial charge on any atom is 0.269 e. The number of benzene rings is 2. The van der Waals surface area contributed by atoms with E-state index in [0.717, 1.165) is 4.90 Å². The molecule has 0 aliphatic carbocycles. The molecule has 2 aromatic carbocycles. The third-order valence-corrected chi connectivity index (χ3v) is 6.60. The minimum Gasteiger partial charge on any atom is -0.325 e. The Morgan fingerprint density at radius 3 is 2.50 bits per heavy atom. The molecule has 0 fully saturated rings. The summed E-state index contributed by atoms with van der Waals surface area (Å²) in [6, 6.07) is 11.3. The van der Waals surface area contributed by atoms with Crippen LogP contribution in [-0.4, -0.2) is 37.0 Å². The number of non-ortho nitro benzene ring substituents is 1. The molecule has 2 amide bonds. The number of hydrogen-bond acceptors (Lipinski definition) is 6. The number of sulfone groups is 1. The van der Waals surface area contributed by atoms with Crippen LogP contribution in [0, 0.1) is 10.1 Å². The highest BCUT2D eigenvalue weighted by Crippen LogP contribution is 2.33. The molecule has 3 rings (SSSR count). The first-order chi connectivity index (χ1) is 13.2. The molecule has 10 heteroatoms. The largest absolute Gasteiger partial charge is 0.325 e. The molecule has 1 aliphatic rings. The Hall–Kier alpha value is -3.27. The molecule has 2 aromatic rings. The van der Waals surface area contributed by atoms with Crippen LogP contribution in [0.15, 0.2) is 53.4 Å². The van der Waals surface area contributed by atoms with Gasteiger partial charge in [-0.3, -0.25) is 19.7 Å². The molecule has 0 unspecified atom stereocenters. The van der Waals surface area contributed by atoms with Crippen LogP contribution in [0.3, 0.4) is 0 Å². The molecular formula is C18H17N3O6S. The molecule has 0 saturated carbocycles. The van der Waals surface area contributed by atoms with Gasteiger partial charge in [-0.2, -0.15) is 0 Å². The average molecular weight is 403 g/mol. The maximum atomic E-state index is 12.6. The lowest BCUT2D eigenvalue weighted by Crippen LogP contribution is -2.38. The molecule has 1 heterocycles. The normalized spacial score (nSPS) is 18.1. The summed E-state index contributed by atoms with van der Waals surface area (Å²) >= 11 is 0. The van der Waals surface area contributed by atoms with Crippen molar-refractivity contribution in [2.24, 2.45) is 0 Å². The highest BCUT2D eigenvalue weighted by Gasteiger charge is 2.36. The number of nitro benzene ring substituents is 1. The SMILES string of the molecule is C[C@@H]1CC(=O)N(CC(=O)Nc2ccc([N+](=O)[O-])cc2)c2ccccc2S1(=O)=O. The third-order valence-electron chi connectivity index (χ3n) is 4.42. The molecule has 1 aliphatic heterocycles. The summed E-state index contributed by atoms with van der Waals surface area (Å²) in [4.78, 5) is 36.3. The fraction of sp³-hybridized carbons (Fsp3) is 0.222. The van der Waals surface area contributed by atoms with Gasteiger partial charge in [0.2, 0.25) is 11.8 Å². The third kappa shape index (κ3) is 3.72. The molecule has 0 spiro atoms. The molecule has 0 saturated heterocycles. The minimum absolute atomic E-state index is 0.0106. The second-order valence-corrected chi connectivity index (χ2v) is 8.69. The smallest absolute Gasteiger partial charge is 0.269 e. The summed E-state index contributed by atoms with van der Waals surface area (Å²) in [5.41, 5.74) is 0.372. The van der Waals surface area contributed by atoms with Crippen LogP contribution < -0.4 is 10.2 Å². The van der Waals surface area contributed by atoms with E-state index < -0.39 is 31.8 Å². The predicted molar refractivity (Wildman–Crippen MR) is 102 cm³/mol. The van der Waals surface area contributed by atoms with E-state index in [2.05, 4.69) is 5.32 Å². The van der Waals surface area contributed by atoms with Gasteiger partial charge in [-0.25, -0.2) is 8.42 Å². The van der Waals surface area contributed by atoms with E-state index in [1.807, 2.05) is 0 Å². The Labute approximate surface area is 161 Å². The summed E-state index contributed by atoms with van der Waals surface area (Å²) in [6.45, 7) is 1.08. The van der Waals surface area contributed by atoms with Crippen LogP contribution in [0.5, 0.6) is 0 Å². The molecule has 1 atom stereocenters. The number of anilines is 2. The van der Waals surface area contributed by atoms with Crippen LogP contribution in [0.4, 0.5) is 17.1 Å². The van der Waals surface area contributed by atoms with E-state index >= 15 is 0 Å². The number of nitrogens with zero attached hydrogens (tertiary/aromatic N) is 2. The molecule has 1 N–H and O–H groups in total. The lowest BCUT2D eigenvalue weighted by atomic mass is 10.2. The first-order valence-corrected chi connectivity index (χ1v) is 9.92. The van der Waals surface area contributed by atoms with Gasteiger partial charge in [-0.15, -0.1) is 0 Å². The molecule has 0 aromatic heterocycles. The average Bonchev–Trinajstić information content (AvgIpc) is 2.72. The summed E-state index contributed by atoms with van der Waals surface area (Å²) < 4.78 is 25.3. The van der Waals surface area contributed by atoms with Gasteiger partial charge in [0.15, 0.2) is 9.84 Å². The van der Waals surface area contributed by atoms with E-state index in [1.165, 1.54) is 43.3 Å². The van der Waals surface area contributed by atoms with Crippen molar-refractivity contribution in [3.63, 3.8) is 0 Å². The number of amides is 2. The van der Waals surface area contributed by atoms with Crippen molar-refractivity contribution >= 4 is 38.7 Å². The number of nitrogens with one attached hydrogen (secondary N) is 1. The monoisotopic (exact) mass is 403 g/mol. The maximum absolute atomic E-state index is 12.6. The fourth-order valence-electron chi connectivity index (χ4n) is 2.92. The molecule has 0 radical (unpaired) electrons. The van der Waals surface area contributed by atoms with Crippen molar-refractivity contribution in [3.8, 4) is 0 Å². The minimum atomic E-state index is -3.69. The van der Waals surface area contributed by atoms with Crippen LogP contribution in [-0.2, 0) is 19.4 Å². The van der Waals surface area contributed by atoms with Gasteiger partial charge in [-0.05, 0) is 31.2 Å². The van der Waals surface area contributed by atoms with E-state index in [-0.39, 0.29) is 29.2 Å². The Morgan fingerprint density at radius 1 is 1.21 bits per heavy atom. The Bertz CT molecular complexity index is 1050. The van der Waals surface area contributed by atoms with Gasteiger partial charge < -0.3 is 10.2 Å². The Balaban J connectivity index is 1.85. The van der Waals surface area contributed by atoms with Crippen LogP contribution in [0.1, 0.15) is 13.3 Å². The zero-order valence-corrected chi connectivity index (χ0v) is 15.7. The topological polar surface area (TPSA) is 127 Å². The molecule has 146 valence electrons. The van der Waals surface area contributed by atoms with E-state index in [9.17, 15) is 28.1 Å². The number of hydrogen-bond donors (Lipinski definition) is 1. The number of carbonyl (C=O) groups is 2. The van der Waals surface area contributed by atoms with E-state index in [4.69, 9.17) is 0 Å². The first kappa shape index (κ1) is 19.5. The van der Waals surface area contributed by atoms with Gasteiger partial charge >= 0.3 is 0 Å². The van der Waals surface area contributed by atoms with Gasteiger partial charge in [-0.1, -0.05) is 12.1 Å². The fourth-order valence-corrected chi connectivity index (χ4v) is 4.46. The summed E-state index contributed by atoms with van der Waals surface area (Å²) in [5.74, 6) is -1.02. The second-order valence-electron chi connectivity index (χ2n) is 6.36. The lowest BCUT2D eigenvalue weighted by molar-refractivity contribution is -0.384. The number of rotatable bonds is 4. The van der Waals surface area contributed by atoms with Crippen molar-refractivity contribution in [2.45, 2.75) is 23.5 Å². The number of carbonyl (C=O) groups excluding carboxylic acids is 2. The highest BCUT2D eigenvalue weighted by molar-refractivity contribution is 7.92. The van der Waals surface area contributed by atoms with Crippen molar-refractivity contribution in [3.05, 3.63) is 58.6 Å². The Kier molecular flexibility index (Phi) is 5.14. The number of fused-ring (bicyclic) bond motifs is 1. The second kappa shape index (κ2) is 7.39. The molecule has 28 heavy (non-hydrogen) atoms. The highest BCUT2D eigenvalue weighted by atomic mass is 32.2. The predicted octanol–water partition coefficient (Wildman–Crippen LogP) is 2.13. The van der Waals surface area contributed by atoms with Crippen molar-refractivity contribution < 1.29 is 22.9 Å². The summed E-state index contributed by atoms with van der Waals surface area (Å²) in [6.07, 6.45) is -0.234. The van der Waals surface area contributed by atoms with Gasteiger partial charge in [0.05, 0.1) is 20.8 Å². The van der Waals surface area contributed by atoms with E-state index in [0.29, 0.717) is 5.69 Å². The summed E-state index contributed by atoms with van der Waals surface area (Å²) in [7, 11) is -3.69. The van der Waals surface area contributed by atoms with Gasteiger partial charge in [0.1, 0.15) is 6.54 Å². The lowest BCUT2D eigenvalue weighted by Gasteiger charge is -2.21. The quantitative estimate of drug-likeness (QED) is 0.615. The van der Waals surface area contributed by atoms with Crippen molar-refractivity contribution in [1.82, 2.24) is 0 Å². The molecular weight excluding hydrogens is 386 g/mol. The first-order valence-electron chi connectivity index (χ1n) is 8.38. The summed E-state index contributed by atoms with van der Waals surface area (Å²) in [5, 5.41) is 12.3. The van der Waals surface area contributed by atoms with Crippen LogP contribution in [0.25, 0.3) is 0 Å². The standard InChI is InChI=1S/C18H17N3O6S/c1-12-10-18(23)20(15-4-2-3-5-16(15)28(12,26)27)11-17(22)19-13-6-8-14(9-7-13)21(24)25/h2-9,12H,10-11H2,1H3,(H,19,22)/t12-/m1/s1. The van der Waals surface area contributed by atoms with Crippen LogP contribution >= 0.6 is 0 Å². The zero-order chi connectivity index (χ0) is 20.5. The molecule has 9 nitrogen and oxygen atoms in total. The van der Waals surface area contributed by atoms with Gasteiger partial charge in [0.25, 0.3) is 5.69 Å². The number of para-hydroxylation sites is 1. The number of nitro groups is 1. The van der Waals surface area contributed by atoms with Crippen molar-refractivity contribution in [1.29, 1.82) is 0 Å².